The van der Waals surface area contributed by atoms with Gasteiger partial charge < -0.3 is 20.3 Å². The molecule has 0 aromatic rings. The van der Waals surface area contributed by atoms with E-state index in [2.05, 4.69) is 5.32 Å². The maximum absolute atomic E-state index is 11.7. The Morgan fingerprint density at radius 3 is 2.25 bits per heavy atom. The Bertz CT molecular complexity index is 347. The zero-order valence-corrected chi connectivity index (χ0v) is 12.0. The molecule has 0 aliphatic carbocycles. The quantitative estimate of drug-likeness (QED) is 0.453. The smallest absolute Gasteiger partial charge is 0.320 e. The highest BCUT2D eigenvalue weighted by atomic mass is 16.5. The van der Waals surface area contributed by atoms with Gasteiger partial charge >= 0.3 is 11.9 Å². The van der Waals surface area contributed by atoms with Crippen LogP contribution in [0.2, 0.25) is 0 Å². The molecule has 0 saturated carbocycles. The Kier molecular flexibility index (Phi) is 8.49. The third-order valence-electron chi connectivity index (χ3n) is 2.81. The van der Waals surface area contributed by atoms with Gasteiger partial charge in [-0.2, -0.15) is 0 Å². The number of carboxylic acids is 2. The molecule has 0 aromatic heterocycles. The van der Waals surface area contributed by atoms with Gasteiger partial charge in [-0.25, -0.2) is 0 Å². The molecular formula is C12H22N2O6. The Morgan fingerprint density at radius 2 is 1.80 bits per heavy atom. The van der Waals surface area contributed by atoms with Gasteiger partial charge in [-0.1, -0.05) is 6.92 Å². The molecule has 0 aliphatic rings. The zero-order valence-electron chi connectivity index (χ0n) is 12.0. The summed E-state index contributed by atoms with van der Waals surface area (Å²) in [7, 11) is 1.50. The van der Waals surface area contributed by atoms with Gasteiger partial charge in [0.1, 0.15) is 6.04 Å². The van der Waals surface area contributed by atoms with Crippen LogP contribution in [-0.4, -0.2) is 72.4 Å². The SMILES string of the molecule is COCCNC(=O)CN(CC(C)C(=O)O)C(C)C(=O)O. The lowest BCUT2D eigenvalue weighted by Crippen LogP contribution is -2.48. The van der Waals surface area contributed by atoms with Crippen molar-refractivity contribution in [2.75, 3.05) is 33.4 Å². The molecular weight excluding hydrogens is 268 g/mol. The second-order valence-electron chi connectivity index (χ2n) is 4.53. The molecule has 0 bridgehead atoms. The average molecular weight is 290 g/mol. The van der Waals surface area contributed by atoms with Crippen LogP contribution in [0, 0.1) is 5.92 Å². The summed E-state index contributed by atoms with van der Waals surface area (Å²) in [5, 5.41) is 20.4. The molecule has 0 fully saturated rings. The molecule has 3 N–H and O–H groups in total. The van der Waals surface area contributed by atoms with Gasteiger partial charge in [-0.05, 0) is 6.92 Å². The van der Waals surface area contributed by atoms with Crippen molar-refractivity contribution in [3.8, 4) is 0 Å². The van der Waals surface area contributed by atoms with Crippen LogP contribution in [0.3, 0.4) is 0 Å². The first-order chi connectivity index (χ1) is 9.29. The van der Waals surface area contributed by atoms with Crippen molar-refractivity contribution in [1.82, 2.24) is 10.2 Å². The van der Waals surface area contributed by atoms with Crippen LogP contribution in [0.4, 0.5) is 0 Å². The highest BCUT2D eigenvalue weighted by Crippen LogP contribution is 2.05. The van der Waals surface area contributed by atoms with Crippen LogP contribution in [0.15, 0.2) is 0 Å². The predicted molar refractivity (Wildman–Crippen MR) is 70.4 cm³/mol. The van der Waals surface area contributed by atoms with Gasteiger partial charge in [0, 0.05) is 20.2 Å². The number of carbonyl (C=O) groups is 3. The number of hydrogen-bond acceptors (Lipinski definition) is 5. The standard InChI is InChI=1S/C12H22N2O6/c1-8(11(16)17)6-14(9(2)12(18)19)7-10(15)13-4-5-20-3/h8-9H,4-7H2,1-3H3,(H,13,15)(H,16,17)(H,18,19). The van der Waals surface area contributed by atoms with Crippen LogP contribution in [-0.2, 0) is 19.1 Å². The van der Waals surface area contributed by atoms with E-state index in [-0.39, 0.29) is 19.0 Å². The number of carbonyl (C=O) groups excluding carboxylic acids is 1. The number of nitrogens with one attached hydrogen (secondary N) is 1. The lowest BCUT2D eigenvalue weighted by molar-refractivity contribution is -0.147. The zero-order chi connectivity index (χ0) is 15.7. The molecule has 8 heteroatoms. The van der Waals surface area contributed by atoms with Crippen molar-refractivity contribution in [1.29, 1.82) is 0 Å². The number of amides is 1. The predicted octanol–water partition coefficient (Wildman–Crippen LogP) is -0.755. The van der Waals surface area contributed by atoms with E-state index < -0.39 is 23.9 Å². The molecule has 0 aromatic carbocycles. The molecule has 116 valence electrons. The average Bonchev–Trinajstić information content (AvgIpc) is 2.36. The Hall–Kier alpha value is -1.67. The number of carboxylic acid groups (broad SMARTS) is 2. The summed E-state index contributed by atoms with van der Waals surface area (Å²) < 4.78 is 4.78. The van der Waals surface area contributed by atoms with Crippen LogP contribution in [0.1, 0.15) is 13.8 Å². The minimum absolute atomic E-state index is 0.0134. The summed E-state index contributed by atoms with van der Waals surface area (Å²) >= 11 is 0. The van der Waals surface area contributed by atoms with Crippen molar-refractivity contribution in [3.05, 3.63) is 0 Å². The first-order valence-corrected chi connectivity index (χ1v) is 6.24. The van der Waals surface area contributed by atoms with Crippen LogP contribution in [0.25, 0.3) is 0 Å². The summed E-state index contributed by atoms with van der Waals surface area (Å²) in [6, 6.07) is -0.940. The Balaban J connectivity index is 4.56. The van der Waals surface area contributed by atoms with E-state index in [0.717, 1.165) is 0 Å². The minimum atomic E-state index is -1.10. The molecule has 0 saturated heterocycles. The fourth-order valence-electron chi connectivity index (χ4n) is 1.48. The molecule has 2 unspecified atom stereocenters. The van der Waals surface area contributed by atoms with Crippen LogP contribution < -0.4 is 5.32 Å². The van der Waals surface area contributed by atoms with E-state index in [4.69, 9.17) is 14.9 Å². The molecule has 0 spiro atoms. The minimum Gasteiger partial charge on any atom is -0.481 e. The monoisotopic (exact) mass is 290 g/mol. The molecule has 0 rings (SSSR count). The van der Waals surface area contributed by atoms with Crippen molar-refractivity contribution in [3.63, 3.8) is 0 Å². The first-order valence-electron chi connectivity index (χ1n) is 6.24. The molecule has 0 aliphatic heterocycles. The van der Waals surface area contributed by atoms with E-state index in [0.29, 0.717) is 13.2 Å². The highest BCUT2D eigenvalue weighted by Gasteiger charge is 2.26. The third kappa shape index (κ3) is 7.05. The van der Waals surface area contributed by atoms with E-state index in [1.807, 2.05) is 0 Å². The van der Waals surface area contributed by atoms with E-state index in [1.165, 1.54) is 25.9 Å². The lowest BCUT2D eigenvalue weighted by Gasteiger charge is -2.27. The topological polar surface area (TPSA) is 116 Å². The largest absolute Gasteiger partial charge is 0.481 e. The van der Waals surface area contributed by atoms with Gasteiger partial charge in [-0.15, -0.1) is 0 Å². The molecule has 20 heavy (non-hydrogen) atoms. The Labute approximate surface area is 117 Å². The number of nitrogens with zero attached hydrogens (tertiary/aromatic N) is 1. The van der Waals surface area contributed by atoms with Crippen molar-refractivity contribution < 1.29 is 29.3 Å². The molecule has 0 radical (unpaired) electrons. The summed E-state index contributed by atoms with van der Waals surface area (Å²) in [5.41, 5.74) is 0. The lowest BCUT2D eigenvalue weighted by atomic mass is 10.1. The number of ether oxygens (including phenoxy) is 1. The van der Waals surface area contributed by atoms with Crippen molar-refractivity contribution in [2.24, 2.45) is 5.92 Å². The summed E-state index contributed by atoms with van der Waals surface area (Å²) in [6.07, 6.45) is 0. The van der Waals surface area contributed by atoms with Gasteiger partial charge in [0.2, 0.25) is 5.91 Å². The normalized spacial score (nSPS) is 13.8. The number of rotatable bonds is 10. The van der Waals surface area contributed by atoms with Crippen molar-refractivity contribution in [2.45, 2.75) is 19.9 Å². The maximum atomic E-state index is 11.7. The molecule has 1 amide bonds. The van der Waals surface area contributed by atoms with E-state index >= 15 is 0 Å². The summed E-state index contributed by atoms with van der Waals surface area (Å²) in [5.74, 6) is -3.27. The number of aliphatic carboxylic acids is 2. The number of hydrogen-bond donors (Lipinski definition) is 3. The fraction of sp³-hybridized carbons (Fsp3) is 0.750. The van der Waals surface area contributed by atoms with E-state index in [9.17, 15) is 14.4 Å². The Morgan fingerprint density at radius 1 is 1.20 bits per heavy atom. The first kappa shape index (κ1) is 18.3. The van der Waals surface area contributed by atoms with Crippen LogP contribution in [0.5, 0.6) is 0 Å². The third-order valence-corrected chi connectivity index (χ3v) is 2.81. The fourth-order valence-corrected chi connectivity index (χ4v) is 1.48. The van der Waals surface area contributed by atoms with Gasteiger partial charge in [0.05, 0.1) is 19.1 Å². The van der Waals surface area contributed by atoms with Gasteiger partial charge in [-0.3, -0.25) is 19.3 Å². The summed E-state index contributed by atoms with van der Waals surface area (Å²) in [4.78, 5) is 34.8. The summed E-state index contributed by atoms with van der Waals surface area (Å²) in [6.45, 7) is 3.37. The molecule has 0 heterocycles. The van der Waals surface area contributed by atoms with Gasteiger partial charge in [0.15, 0.2) is 0 Å². The highest BCUT2D eigenvalue weighted by molar-refractivity contribution is 5.80. The molecule has 8 nitrogen and oxygen atoms in total. The number of methoxy groups -OCH3 is 1. The maximum Gasteiger partial charge on any atom is 0.320 e. The second-order valence-corrected chi connectivity index (χ2v) is 4.53. The van der Waals surface area contributed by atoms with Gasteiger partial charge in [0.25, 0.3) is 0 Å². The second kappa shape index (κ2) is 9.27. The van der Waals surface area contributed by atoms with Crippen molar-refractivity contribution >= 4 is 17.8 Å². The van der Waals surface area contributed by atoms with E-state index in [1.54, 1.807) is 0 Å². The molecule has 2 atom stereocenters. The van der Waals surface area contributed by atoms with Crippen LogP contribution >= 0.6 is 0 Å².